The molecule has 1 aliphatic rings. The van der Waals surface area contributed by atoms with Crippen molar-refractivity contribution in [3.05, 3.63) is 29.8 Å². The van der Waals surface area contributed by atoms with Crippen molar-refractivity contribution in [3.63, 3.8) is 0 Å². The highest BCUT2D eigenvalue weighted by Gasteiger charge is 2.32. The zero-order valence-corrected chi connectivity index (χ0v) is 14.2. The van der Waals surface area contributed by atoms with Crippen molar-refractivity contribution >= 4 is 13.3 Å². The van der Waals surface area contributed by atoms with Crippen LogP contribution in [0.2, 0.25) is 19.6 Å². The van der Waals surface area contributed by atoms with Crippen LogP contribution in [0.3, 0.4) is 0 Å². The van der Waals surface area contributed by atoms with Crippen molar-refractivity contribution in [1.29, 1.82) is 0 Å². The van der Waals surface area contributed by atoms with Crippen LogP contribution < -0.4 is 10.5 Å². The Hall–Kier alpha value is -0.643. The van der Waals surface area contributed by atoms with E-state index in [9.17, 15) is 5.11 Å². The van der Waals surface area contributed by atoms with Crippen molar-refractivity contribution < 1.29 is 5.11 Å². The minimum absolute atomic E-state index is 0.151. The molecule has 2 nitrogen and oxygen atoms in total. The van der Waals surface area contributed by atoms with E-state index in [1.807, 2.05) is 0 Å². The van der Waals surface area contributed by atoms with E-state index in [-0.39, 0.29) is 5.41 Å². The van der Waals surface area contributed by atoms with Gasteiger partial charge in [-0.25, -0.2) is 0 Å². The number of hydrogen-bond donors (Lipinski definition) is 2. The van der Waals surface area contributed by atoms with Gasteiger partial charge in [-0.05, 0) is 18.4 Å². The Labute approximate surface area is 124 Å². The SMILES string of the molecule is C[Si](C)(C)c1ccc(CNCC2(CO)CCCC2)cc1. The summed E-state index contributed by atoms with van der Waals surface area (Å²) in [6.45, 7) is 9.32. The van der Waals surface area contributed by atoms with Gasteiger partial charge in [0.25, 0.3) is 0 Å². The van der Waals surface area contributed by atoms with Gasteiger partial charge in [-0.15, -0.1) is 0 Å². The molecule has 0 spiro atoms. The molecular weight excluding hydrogens is 262 g/mol. The summed E-state index contributed by atoms with van der Waals surface area (Å²) in [5.41, 5.74) is 1.50. The Balaban J connectivity index is 1.85. The predicted octanol–water partition coefficient (Wildman–Crippen LogP) is 2.87. The van der Waals surface area contributed by atoms with Gasteiger partial charge in [-0.1, -0.05) is 61.9 Å². The molecular formula is C17H29NOSi. The van der Waals surface area contributed by atoms with Gasteiger partial charge in [0.2, 0.25) is 0 Å². The van der Waals surface area contributed by atoms with Crippen molar-refractivity contribution in [2.24, 2.45) is 5.41 Å². The van der Waals surface area contributed by atoms with E-state index in [0.29, 0.717) is 6.61 Å². The highest BCUT2D eigenvalue weighted by molar-refractivity contribution is 6.88. The first-order chi connectivity index (χ1) is 9.45. The van der Waals surface area contributed by atoms with Crippen molar-refractivity contribution in [2.75, 3.05) is 13.2 Å². The van der Waals surface area contributed by atoms with Crippen LogP contribution in [0.5, 0.6) is 0 Å². The number of benzene rings is 1. The van der Waals surface area contributed by atoms with Gasteiger partial charge in [0.15, 0.2) is 0 Å². The topological polar surface area (TPSA) is 32.3 Å². The fourth-order valence-corrected chi connectivity index (χ4v) is 4.28. The molecule has 3 heteroatoms. The highest BCUT2D eigenvalue weighted by Crippen LogP contribution is 2.36. The maximum Gasteiger partial charge on any atom is 0.0775 e. The number of hydrogen-bond acceptors (Lipinski definition) is 2. The number of rotatable bonds is 6. The van der Waals surface area contributed by atoms with Crippen LogP contribution in [0.25, 0.3) is 0 Å². The van der Waals surface area contributed by atoms with Gasteiger partial charge >= 0.3 is 0 Å². The van der Waals surface area contributed by atoms with Crippen LogP contribution in [0, 0.1) is 5.41 Å². The summed E-state index contributed by atoms with van der Waals surface area (Å²) >= 11 is 0. The Morgan fingerprint density at radius 1 is 1.10 bits per heavy atom. The van der Waals surface area contributed by atoms with E-state index in [1.165, 1.54) is 36.4 Å². The molecule has 0 amide bonds. The predicted molar refractivity (Wildman–Crippen MR) is 89.1 cm³/mol. The molecule has 0 unspecified atom stereocenters. The van der Waals surface area contributed by atoms with Gasteiger partial charge in [0.05, 0.1) is 8.07 Å². The summed E-state index contributed by atoms with van der Waals surface area (Å²) in [4.78, 5) is 0. The van der Waals surface area contributed by atoms with E-state index in [4.69, 9.17) is 0 Å². The quantitative estimate of drug-likeness (QED) is 0.790. The molecule has 1 aliphatic carbocycles. The minimum atomic E-state index is -1.18. The molecule has 0 radical (unpaired) electrons. The summed E-state index contributed by atoms with van der Waals surface area (Å²) in [7, 11) is -1.18. The number of nitrogens with one attached hydrogen (secondary N) is 1. The first kappa shape index (κ1) is 15.7. The smallest absolute Gasteiger partial charge is 0.0775 e. The Morgan fingerprint density at radius 3 is 2.20 bits per heavy atom. The standard InChI is InChI=1S/C17H29NOSi/c1-20(2,3)16-8-6-15(7-9-16)12-18-13-17(14-19)10-4-5-11-17/h6-9,18-19H,4-5,10-14H2,1-3H3. The first-order valence-corrected chi connectivity index (χ1v) is 11.4. The average Bonchev–Trinajstić information content (AvgIpc) is 2.88. The van der Waals surface area contributed by atoms with Crippen molar-refractivity contribution in [1.82, 2.24) is 5.32 Å². The van der Waals surface area contributed by atoms with Gasteiger partial charge in [-0.2, -0.15) is 0 Å². The normalized spacial score (nSPS) is 18.4. The lowest BCUT2D eigenvalue weighted by molar-refractivity contribution is 0.128. The maximum atomic E-state index is 9.60. The van der Waals surface area contributed by atoms with Crippen molar-refractivity contribution in [3.8, 4) is 0 Å². The second kappa shape index (κ2) is 6.42. The number of aliphatic hydroxyl groups excluding tert-OH is 1. The molecule has 2 N–H and O–H groups in total. The second-order valence-corrected chi connectivity index (χ2v) is 12.5. The minimum Gasteiger partial charge on any atom is -0.396 e. The lowest BCUT2D eigenvalue weighted by atomic mass is 9.87. The molecule has 2 rings (SSSR count). The fourth-order valence-electron chi connectivity index (χ4n) is 3.11. The molecule has 0 atom stereocenters. The Bertz CT molecular complexity index is 416. The van der Waals surface area contributed by atoms with Crippen LogP contribution in [0.4, 0.5) is 0 Å². The van der Waals surface area contributed by atoms with Crippen LogP contribution >= 0.6 is 0 Å². The third kappa shape index (κ3) is 3.93. The summed E-state index contributed by atoms with van der Waals surface area (Å²) in [5.74, 6) is 0. The van der Waals surface area contributed by atoms with Crippen LogP contribution in [-0.2, 0) is 6.54 Å². The molecule has 0 heterocycles. The van der Waals surface area contributed by atoms with Gasteiger partial charge in [0.1, 0.15) is 0 Å². The van der Waals surface area contributed by atoms with Crippen LogP contribution in [0.1, 0.15) is 31.2 Å². The third-order valence-electron chi connectivity index (χ3n) is 4.65. The van der Waals surface area contributed by atoms with Gasteiger partial charge in [-0.3, -0.25) is 0 Å². The van der Waals surface area contributed by atoms with E-state index >= 15 is 0 Å². The largest absolute Gasteiger partial charge is 0.396 e. The molecule has 0 aromatic heterocycles. The van der Waals surface area contributed by atoms with Crippen LogP contribution in [-0.4, -0.2) is 26.3 Å². The zero-order chi connectivity index (χ0) is 14.6. The van der Waals surface area contributed by atoms with E-state index < -0.39 is 8.07 Å². The molecule has 20 heavy (non-hydrogen) atoms. The lowest BCUT2D eigenvalue weighted by Crippen LogP contribution is -2.37. The molecule has 1 aromatic carbocycles. The average molecular weight is 292 g/mol. The number of aliphatic hydroxyl groups is 1. The van der Waals surface area contributed by atoms with Gasteiger partial charge < -0.3 is 10.4 Å². The lowest BCUT2D eigenvalue weighted by Gasteiger charge is -2.26. The highest BCUT2D eigenvalue weighted by atomic mass is 28.3. The Morgan fingerprint density at radius 2 is 1.70 bits per heavy atom. The summed E-state index contributed by atoms with van der Waals surface area (Å²) in [5, 5.41) is 14.7. The summed E-state index contributed by atoms with van der Waals surface area (Å²) in [6, 6.07) is 9.09. The molecule has 1 fully saturated rings. The van der Waals surface area contributed by atoms with E-state index in [1.54, 1.807) is 0 Å². The van der Waals surface area contributed by atoms with E-state index in [2.05, 4.69) is 49.2 Å². The molecule has 1 saturated carbocycles. The zero-order valence-electron chi connectivity index (χ0n) is 13.2. The first-order valence-electron chi connectivity index (χ1n) is 7.86. The summed E-state index contributed by atoms with van der Waals surface area (Å²) in [6.07, 6.45) is 4.89. The third-order valence-corrected chi connectivity index (χ3v) is 6.71. The second-order valence-electron chi connectivity index (χ2n) is 7.42. The Kier molecular flexibility index (Phi) is 5.05. The molecule has 112 valence electrons. The molecule has 1 aromatic rings. The molecule has 0 bridgehead atoms. The molecule has 0 saturated heterocycles. The van der Waals surface area contributed by atoms with E-state index in [0.717, 1.165) is 13.1 Å². The maximum absolute atomic E-state index is 9.60. The van der Waals surface area contributed by atoms with Gasteiger partial charge in [0, 0.05) is 25.1 Å². The fraction of sp³-hybridized carbons (Fsp3) is 0.647. The monoisotopic (exact) mass is 291 g/mol. The van der Waals surface area contributed by atoms with Crippen LogP contribution in [0.15, 0.2) is 24.3 Å². The molecule has 0 aliphatic heterocycles. The summed E-state index contributed by atoms with van der Waals surface area (Å²) < 4.78 is 0. The van der Waals surface area contributed by atoms with Crippen molar-refractivity contribution in [2.45, 2.75) is 51.9 Å².